The van der Waals surface area contributed by atoms with E-state index in [0.717, 1.165) is 30.8 Å². The molecule has 1 aliphatic heterocycles. The molecule has 1 amide bonds. The van der Waals surface area contributed by atoms with Gasteiger partial charge in [-0.15, -0.1) is 0 Å². The lowest BCUT2D eigenvalue weighted by molar-refractivity contribution is 0.0507. The van der Waals surface area contributed by atoms with Crippen LogP contribution in [0, 0.1) is 5.82 Å². The second kappa shape index (κ2) is 9.00. The topological polar surface area (TPSA) is 38.8 Å². The molecule has 0 N–H and O–H groups in total. The molecule has 2 aromatic carbocycles. The smallest absolute Gasteiger partial charge is 0.254 e. The second-order valence-electron chi connectivity index (χ2n) is 7.14. The highest BCUT2D eigenvalue weighted by atomic mass is 19.1. The van der Waals surface area contributed by atoms with E-state index in [1.54, 1.807) is 29.2 Å². The minimum atomic E-state index is -0.281. The highest BCUT2D eigenvalue weighted by Gasteiger charge is 2.23. The number of nitrogens with zero attached hydrogens (tertiary/aromatic N) is 1. The van der Waals surface area contributed by atoms with Crippen LogP contribution in [0.25, 0.3) is 0 Å². The lowest BCUT2D eigenvalue weighted by Gasteiger charge is -2.26. The Morgan fingerprint density at radius 1 is 1.19 bits per heavy atom. The molecule has 0 spiro atoms. The molecular weight excluding hydrogens is 345 g/mol. The Morgan fingerprint density at radius 3 is 2.48 bits per heavy atom. The Balaban J connectivity index is 1.75. The van der Waals surface area contributed by atoms with Crippen LogP contribution in [0.2, 0.25) is 0 Å². The third-order valence-corrected chi connectivity index (χ3v) is 4.49. The van der Waals surface area contributed by atoms with Crippen molar-refractivity contribution in [2.75, 3.05) is 13.2 Å². The average molecular weight is 371 g/mol. The van der Waals surface area contributed by atoms with Crippen LogP contribution in [0.3, 0.4) is 0 Å². The first-order valence-electron chi connectivity index (χ1n) is 9.43. The predicted octanol–water partition coefficient (Wildman–Crippen LogP) is 4.43. The molecule has 0 saturated carbocycles. The zero-order valence-electron chi connectivity index (χ0n) is 15.9. The van der Waals surface area contributed by atoms with E-state index in [2.05, 4.69) is 0 Å². The Morgan fingerprint density at radius 2 is 1.89 bits per heavy atom. The fraction of sp³-hybridized carbons (Fsp3) is 0.409. The summed E-state index contributed by atoms with van der Waals surface area (Å²) in [6, 6.07) is 13.5. The van der Waals surface area contributed by atoms with Crippen LogP contribution in [0.4, 0.5) is 4.39 Å². The number of halogens is 1. The molecule has 144 valence electrons. The van der Waals surface area contributed by atoms with Crippen molar-refractivity contribution in [3.8, 4) is 5.75 Å². The largest absolute Gasteiger partial charge is 0.491 e. The summed E-state index contributed by atoms with van der Waals surface area (Å²) >= 11 is 0. The van der Waals surface area contributed by atoms with Crippen LogP contribution in [0.15, 0.2) is 48.5 Å². The maximum Gasteiger partial charge on any atom is 0.254 e. The fourth-order valence-corrected chi connectivity index (χ4v) is 3.19. The molecule has 0 bridgehead atoms. The van der Waals surface area contributed by atoms with Crippen LogP contribution in [0.5, 0.6) is 5.75 Å². The van der Waals surface area contributed by atoms with Crippen molar-refractivity contribution >= 4 is 5.91 Å². The van der Waals surface area contributed by atoms with Crippen molar-refractivity contribution < 1.29 is 18.7 Å². The van der Waals surface area contributed by atoms with Gasteiger partial charge in [0.2, 0.25) is 0 Å². The zero-order chi connectivity index (χ0) is 19.2. The van der Waals surface area contributed by atoms with Crippen LogP contribution < -0.4 is 4.74 Å². The highest BCUT2D eigenvalue weighted by Crippen LogP contribution is 2.19. The van der Waals surface area contributed by atoms with E-state index in [4.69, 9.17) is 9.47 Å². The third kappa shape index (κ3) is 5.54. The first kappa shape index (κ1) is 19.4. The highest BCUT2D eigenvalue weighted by molar-refractivity contribution is 5.94. The maximum atomic E-state index is 13.2. The van der Waals surface area contributed by atoms with Crippen molar-refractivity contribution in [1.29, 1.82) is 0 Å². The first-order chi connectivity index (χ1) is 13.0. The van der Waals surface area contributed by atoms with Gasteiger partial charge in [0.05, 0.1) is 12.2 Å². The van der Waals surface area contributed by atoms with Gasteiger partial charge in [-0.3, -0.25) is 4.79 Å². The molecule has 2 aromatic rings. The predicted molar refractivity (Wildman–Crippen MR) is 102 cm³/mol. The van der Waals surface area contributed by atoms with E-state index in [1.165, 1.54) is 12.1 Å². The van der Waals surface area contributed by atoms with Crippen molar-refractivity contribution in [2.24, 2.45) is 0 Å². The van der Waals surface area contributed by atoms with Crippen molar-refractivity contribution in [1.82, 2.24) is 4.90 Å². The van der Waals surface area contributed by atoms with Gasteiger partial charge in [0.15, 0.2) is 0 Å². The van der Waals surface area contributed by atoms with Gasteiger partial charge in [-0.1, -0.05) is 12.1 Å². The number of carbonyl (C=O) groups is 1. The molecule has 5 heteroatoms. The number of rotatable bonds is 7. The Kier molecular flexibility index (Phi) is 6.45. The van der Waals surface area contributed by atoms with Gasteiger partial charge in [0.25, 0.3) is 5.91 Å². The molecular formula is C22H26FNO3. The van der Waals surface area contributed by atoms with Gasteiger partial charge in [-0.05, 0) is 68.7 Å². The summed E-state index contributed by atoms with van der Waals surface area (Å²) in [6.07, 6.45) is 2.11. The van der Waals surface area contributed by atoms with Gasteiger partial charge >= 0.3 is 0 Å². The van der Waals surface area contributed by atoms with Crippen LogP contribution >= 0.6 is 0 Å². The van der Waals surface area contributed by atoms with E-state index in [-0.39, 0.29) is 23.9 Å². The third-order valence-electron chi connectivity index (χ3n) is 4.49. The summed E-state index contributed by atoms with van der Waals surface area (Å²) in [4.78, 5) is 14.9. The summed E-state index contributed by atoms with van der Waals surface area (Å²) in [7, 11) is 0. The average Bonchev–Trinajstić information content (AvgIpc) is 3.16. The number of hydrogen-bond donors (Lipinski definition) is 0. The Bertz CT molecular complexity index is 737. The zero-order valence-corrected chi connectivity index (χ0v) is 15.9. The summed E-state index contributed by atoms with van der Waals surface area (Å²) < 4.78 is 24.5. The minimum absolute atomic E-state index is 0.0537. The molecule has 0 aliphatic carbocycles. The van der Waals surface area contributed by atoms with Gasteiger partial charge in [0, 0.05) is 25.3 Å². The molecule has 1 atom stereocenters. The molecule has 3 rings (SSSR count). The fourth-order valence-electron chi connectivity index (χ4n) is 3.19. The Hall–Kier alpha value is -2.40. The Labute approximate surface area is 159 Å². The molecule has 27 heavy (non-hydrogen) atoms. The van der Waals surface area contributed by atoms with Gasteiger partial charge in [0.1, 0.15) is 11.6 Å². The van der Waals surface area contributed by atoms with E-state index < -0.39 is 0 Å². The molecule has 1 heterocycles. The first-order valence-corrected chi connectivity index (χ1v) is 9.43. The monoisotopic (exact) mass is 371 g/mol. The summed E-state index contributed by atoms with van der Waals surface area (Å²) in [5.74, 6) is 0.396. The number of ether oxygens (including phenoxy) is 2. The van der Waals surface area contributed by atoms with Crippen molar-refractivity contribution in [3.05, 3.63) is 65.5 Å². The molecule has 0 radical (unpaired) electrons. The number of carbonyl (C=O) groups excluding carboxylic acids is 1. The lowest BCUT2D eigenvalue weighted by atomic mass is 10.1. The number of hydrogen-bond acceptors (Lipinski definition) is 3. The standard InChI is InChI=1S/C22H26FNO3/c1-16(2)27-20-11-7-18(8-12-20)22(25)24(15-21-4-3-13-26-21)14-17-5-9-19(23)10-6-17/h5-12,16,21H,3-4,13-15H2,1-2H3. The van der Waals surface area contributed by atoms with Crippen LogP contribution in [0.1, 0.15) is 42.6 Å². The maximum absolute atomic E-state index is 13.2. The normalized spacial score (nSPS) is 16.5. The summed E-state index contributed by atoms with van der Waals surface area (Å²) in [5.41, 5.74) is 1.49. The lowest BCUT2D eigenvalue weighted by Crippen LogP contribution is -2.37. The van der Waals surface area contributed by atoms with Crippen molar-refractivity contribution in [3.63, 3.8) is 0 Å². The molecule has 1 fully saturated rings. The van der Waals surface area contributed by atoms with Crippen molar-refractivity contribution in [2.45, 2.75) is 45.4 Å². The van der Waals surface area contributed by atoms with Gasteiger partial charge < -0.3 is 14.4 Å². The molecule has 1 saturated heterocycles. The van der Waals surface area contributed by atoms with Crippen LogP contribution in [-0.4, -0.2) is 36.2 Å². The molecule has 1 aliphatic rings. The SMILES string of the molecule is CC(C)Oc1ccc(C(=O)N(Cc2ccc(F)cc2)CC2CCCO2)cc1. The molecule has 0 aromatic heterocycles. The van der Waals surface area contributed by atoms with E-state index in [1.807, 2.05) is 26.0 Å². The van der Waals surface area contributed by atoms with Gasteiger partial charge in [-0.2, -0.15) is 0 Å². The van der Waals surface area contributed by atoms with E-state index >= 15 is 0 Å². The second-order valence-corrected chi connectivity index (χ2v) is 7.14. The number of benzene rings is 2. The van der Waals surface area contributed by atoms with Crippen LogP contribution in [-0.2, 0) is 11.3 Å². The van der Waals surface area contributed by atoms with Gasteiger partial charge in [-0.25, -0.2) is 4.39 Å². The summed E-state index contributed by atoms with van der Waals surface area (Å²) in [5, 5.41) is 0. The number of amides is 1. The molecule has 4 nitrogen and oxygen atoms in total. The minimum Gasteiger partial charge on any atom is -0.491 e. The van der Waals surface area contributed by atoms with E-state index in [9.17, 15) is 9.18 Å². The quantitative estimate of drug-likeness (QED) is 0.722. The summed E-state index contributed by atoms with van der Waals surface area (Å²) in [6.45, 7) is 5.62. The van der Waals surface area contributed by atoms with E-state index in [0.29, 0.717) is 18.7 Å². The molecule has 1 unspecified atom stereocenters.